The van der Waals surface area contributed by atoms with E-state index in [4.69, 9.17) is 9.15 Å². The van der Waals surface area contributed by atoms with E-state index in [-0.39, 0.29) is 5.82 Å². The summed E-state index contributed by atoms with van der Waals surface area (Å²) in [6.07, 6.45) is 0. The van der Waals surface area contributed by atoms with E-state index in [0.29, 0.717) is 30.3 Å². The second kappa shape index (κ2) is 3.75. The van der Waals surface area contributed by atoms with Crippen molar-refractivity contribution in [1.29, 1.82) is 0 Å². The van der Waals surface area contributed by atoms with E-state index in [0.717, 1.165) is 13.1 Å². The maximum atomic E-state index is 13.0. The van der Waals surface area contributed by atoms with Crippen molar-refractivity contribution in [3.63, 3.8) is 0 Å². The Hall–Kier alpha value is -1.62. The summed E-state index contributed by atoms with van der Waals surface area (Å²) in [5.74, 6) is -0.297. The SMILES string of the molecule is Fc1ccc2oc(N3CCOCC3)nc2c1. The lowest BCUT2D eigenvalue weighted by molar-refractivity contribution is 0.120. The maximum absolute atomic E-state index is 13.0. The first-order valence-electron chi connectivity index (χ1n) is 5.22. The Labute approximate surface area is 91.6 Å². The fraction of sp³-hybridized carbons (Fsp3) is 0.364. The number of ether oxygens (including phenoxy) is 1. The normalized spacial score (nSPS) is 16.9. The summed E-state index contributed by atoms with van der Waals surface area (Å²) in [5, 5.41) is 0. The van der Waals surface area contributed by atoms with Gasteiger partial charge in [0, 0.05) is 19.2 Å². The van der Waals surface area contributed by atoms with E-state index in [9.17, 15) is 4.39 Å². The Bertz CT molecular complexity index is 506. The third kappa shape index (κ3) is 1.63. The third-order valence-corrected chi connectivity index (χ3v) is 2.62. The van der Waals surface area contributed by atoms with Crippen LogP contribution in [0.4, 0.5) is 10.4 Å². The molecule has 0 amide bonds. The first-order chi connectivity index (χ1) is 7.83. The van der Waals surface area contributed by atoms with Gasteiger partial charge in [-0.2, -0.15) is 4.98 Å². The van der Waals surface area contributed by atoms with Crippen LogP contribution in [0.1, 0.15) is 0 Å². The number of aromatic nitrogens is 1. The number of nitrogens with zero attached hydrogens (tertiary/aromatic N) is 2. The summed E-state index contributed by atoms with van der Waals surface area (Å²) in [7, 11) is 0. The standard InChI is InChI=1S/C11H11FN2O2/c12-8-1-2-10-9(7-8)13-11(16-10)14-3-5-15-6-4-14/h1-2,7H,3-6H2. The van der Waals surface area contributed by atoms with Crippen LogP contribution in [0.2, 0.25) is 0 Å². The zero-order valence-corrected chi connectivity index (χ0v) is 8.65. The summed E-state index contributed by atoms with van der Waals surface area (Å²) in [5.41, 5.74) is 1.17. The largest absolute Gasteiger partial charge is 0.423 e. The molecule has 1 aliphatic rings. The predicted molar refractivity (Wildman–Crippen MR) is 57.0 cm³/mol. The molecule has 1 aromatic heterocycles. The molecule has 2 heterocycles. The quantitative estimate of drug-likeness (QED) is 0.737. The molecule has 0 bridgehead atoms. The average molecular weight is 222 g/mol. The van der Waals surface area contributed by atoms with Gasteiger partial charge in [0.1, 0.15) is 11.3 Å². The van der Waals surface area contributed by atoms with Gasteiger partial charge in [-0.3, -0.25) is 0 Å². The molecular weight excluding hydrogens is 211 g/mol. The van der Waals surface area contributed by atoms with Crippen molar-refractivity contribution < 1.29 is 13.5 Å². The molecule has 0 spiro atoms. The minimum atomic E-state index is -0.297. The summed E-state index contributed by atoms with van der Waals surface area (Å²) in [6.45, 7) is 2.87. The van der Waals surface area contributed by atoms with Crippen LogP contribution in [-0.4, -0.2) is 31.3 Å². The summed E-state index contributed by atoms with van der Waals surface area (Å²) in [4.78, 5) is 6.26. The highest BCUT2D eigenvalue weighted by Gasteiger charge is 2.16. The zero-order chi connectivity index (χ0) is 11.0. The second-order valence-electron chi connectivity index (χ2n) is 3.71. The molecule has 1 fully saturated rings. The molecule has 5 heteroatoms. The van der Waals surface area contributed by atoms with Crippen molar-refractivity contribution in [1.82, 2.24) is 4.98 Å². The summed E-state index contributed by atoms with van der Waals surface area (Å²) >= 11 is 0. The minimum Gasteiger partial charge on any atom is -0.423 e. The fourth-order valence-corrected chi connectivity index (χ4v) is 1.78. The lowest BCUT2D eigenvalue weighted by Gasteiger charge is -2.24. The van der Waals surface area contributed by atoms with Crippen LogP contribution in [0, 0.1) is 5.82 Å². The van der Waals surface area contributed by atoms with Crippen molar-refractivity contribution in [3.8, 4) is 0 Å². The van der Waals surface area contributed by atoms with E-state index in [2.05, 4.69) is 4.98 Å². The molecule has 0 N–H and O–H groups in total. The number of morpholine rings is 1. The van der Waals surface area contributed by atoms with Gasteiger partial charge < -0.3 is 14.1 Å². The zero-order valence-electron chi connectivity index (χ0n) is 8.65. The topological polar surface area (TPSA) is 38.5 Å². The Kier molecular flexibility index (Phi) is 2.25. The Balaban J connectivity index is 1.97. The van der Waals surface area contributed by atoms with E-state index in [1.54, 1.807) is 6.07 Å². The molecule has 0 radical (unpaired) electrons. The maximum Gasteiger partial charge on any atom is 0.298 e. The number of anilines is 1. The van der Waals surface area contributed by atoms with Crippen LogP contribution in [0.3, 0.4) is 0 Å². The highest BCUT2D eigenvalue weighted by molar-refractivity contribution is 5.74. The lowest BCUT2D eigenvalue weighted by atomic mass is 10.3. The van der Waals surface area contributed by atoms with Crippen LogP contribution < -0.4 is 4.90 Å². The molecule has 1 saturated heterocycles. The van der Waals surface area contributed by atoms with Gasteiger partial charge in [-0.15, -0.1) is 0 Å². The Morgan fingerprint density at radius 1 is 1.25 bits per heavy atom. The number of hydrogen-bond donors (Lipinski definition) is 0. The van der Waals surface area contributed by atoms with Crippen LogP contribution in [-0.2, 0) is 4.74 Å². The number of benzene rings is 1. The smallest absolute Gasteiger partial charge is 0.298 e. The molecule has 16 heavy (non-hydrogen) atoms. The molecule has 4 nitrogen and oxygen atoms in total. The van der Waals surface area contributed by atoms with Gasteiger partial charge in [0.2, 0.25) is 0 Å². The van der Waals surface area contributed by atoms with Gasteiger partial charge in [-0.25, -0.2) is 4.39 Å². The molecule has 3 rings (SSSR count). The van der Waals surface area contributed by atoms with E-state index >= 15 is 0 Å². The van der Waals surface area contributed by atoms with Gasteiger partial charge in [0.05, 0.1) is 13.2 Å². The van der Waals surface area contributed by atoms with Crippen molar-refractivity contribution in [2.24, 2.45) is 0 Å². The van der Waals surface area contributed by atoms with Gasteiger partial charge in [0.15, 0.2) is 5.58 Å². The molecular formula is C11H11FN2O2. The predicted octanol–water partition coefficient (Wildman–Crippen LogP) is 1.80. The van der Waals surface area contributed by atoms with Crippen LogP contribution in [0.15, 0.2) is 22.6 Å². The highest BCUT2D eigenvalue weighted by Crippen LogP contribution is 2.22. The van der Waals surface area contributed by atoms with Crippen LogP contribution in [0.5, 0.6) is 0 Å². The summed E-state index contributed by atoms with van der Waals surface area (Å²) in [6, 6.07) is 4.89. The first kappa shape index (κ1) is 9.59. The fourth-order valence-electron chi connectivity index (χ4n) is 1.78. The van der Waals surface area contributed by atoms with Crippen molar-refractivity contribution in [3.05, 3.63) is 24.0 Å². The first-order valence-corrected chi connectivity index (χ1v) is 5.22. The number of hydrogen-bond acceptors (Lipinski definition) is 4. The molecule has 0 atom stereocenters. The summed E-state index contributed by atoms with van der Waals surface area (Å²) < 4.78 is 23.8. The highest BCUT2D eigenvalue weighted by atomic mass is 19.1. The molecule has 0 unspecified atom stereocenters. The Morgan fingerprint density at radius 2 is 2.06 bits per heavy atom. The van der Waals surface area contributed by atoms with Gasteiger partial charge in [0.25, 0.3) is 6.01 Å². The monoisotopic (exact) mass is 222 g/mol. The van der Waals surface area contributed by atoms with Crippen molar-refractivity contribution in [2.45, 2.75) is 0 Å². The average Bonchev–Trinajstić information content (AvgIpc) is 2.73. The molecule has 2 aromatic rings. The van der Waals surface area contributed by atoms with Crippen LogP contribution >= 0.6 is 0 Å². The van der Waals surface area contributed by atoms with E-state index < -0.39 is 0 Å². The molecule has 84 valence electrons. The Morgan fingerprint density at radius 3 is 2.88 bits per heavy atom. The number of rotatable bonds is 1. The second-order valence-corrected chi connectivity index (χ2v) is 3.71. The number of fused-ring (bicyclic) bond motifs is 1. The van der Waals surface area contributed by atoms with E-state index in [1.807, 2.05) is 4.90 Å². The molecule has 1 aliphatic heterocycles. The van der Waals surface area contributed by atoms with Gasteiger partial charge >= 0.3 is 0 Å². The molecule has 0 aliphatic carbocycles. The minimum absolute atomic E-state index is 0.297. The van der Waals surface area contributed by atoms with Crippen LogP contribution in [0.25, 0.3) is 11.1 Å². The molecule has 1 aromatic carbocycles. The number of oxazole rings is 1. The number of halogens is 1. The van der Waals surface area contributed by atoms with Crippen molar-refractivity contribution in [2.75, 3.05) is 31.2 Å². The van der Waals surface area contributed by atoms with Gasteiger partial charge in [-0.05, 0) is 12.1 Å². The lowest BCUT2D eigenvalue weighted by Crippen LogP contribution is -2.36. The van der Waals surface area contributed by atoms with E-state index in [1.165, 1.54) is 12.1 Å². The van der Waals surface area contributed by atoms with Gasteiger partial charge in [-0.1, -0.05) is 0 Å². The molecule has 0 saturated carbocycles. The third-order valence-electron chi connectivity index (χ3n) is 2.62. The van der Waals surface area contributed by atoms with Crippen molar-refractivity contribution >= 4 is 17.1 Å².